The molecule has 96 valence electrons. The lowest BCUT2D eigenvalue weighted by Gasteiger charge is -2.14. The van der Waals surface area contributed by atoms with Crippen molar-refractivity contribution >= 4 is 11.6 Å². The molecule has 0 bridgehead atoms. The summed E-state index contributed by atoms with van der Waals surface area (Å²) < 4.78 is 10.7. The van der Waals surface area contributed by atoms with E-state index < -0.39 is 0 Å². The lowest BCUT2D eigenvalue weighted by Crippen LogP contribution is -2.18. The average Bonchev–Trinajstić information content (AvgIpc) is 2.25. The van der Waals surface area contributed by atoms with Crippen molar-refractivity contribution in [1.29, 1.82) is 0 Å². The van der Waals surface area contributed by atoms with Crippen molar-refractivity contribution in [2.75, 3.05) is 13.7 Å². The quantitative estimate of drug-likeness (QED) is 0.852. The molecule has 1 aromatic carbocycles. The Balaban J connectivity index is 3.00. The highest BCUT2D eigenvalue weighted by molar-refractivity contribution is 6.32. The van der Waals surface area contributed by atoms with Crippen LogP contribution >= 0.6 is 11.6 Å². The zero-order chi connectivity index (χ0) is 12.8. The molecule has 0 saturated carbocycles. The van der Waals surface area contributed by atoms with E-state index in [1.54, 1.807) is 7.11 Å². The van der Waals surface area contributed by atoms with Crippen molar-refractivity contribution < 1.29 is 9.47 Å². The molecule has 0 fully saturated rings. The zero-order valence-electron chi connectivity index (χ0n) is 10.6. The van der Waals surface area contributed by atoms with Crippen molar-refractivity contribution in [1.82, 2.24) is 0 Å². The van der Waals surface area contributed by atoms with Gasteiger partial charge in [-0.05, 0) is 43.5 Å². The van der Waals surface area contributed by atoms with Crippen molar-refractivity contribution in [3.8, 4) is 5.75 Å². The van der Waals surface area contributed by atoms with Gasteiger partial charge in [0.25, 0.3) is 0 Å². The molecule has 1 unspecified atom stereocenters. The first-order valence-corrected chi connectivity index (χ1v) is 6.14. The van der Waals surface area contributed by atoms with Crippen LogP contribution in [-0.4, -0.2) is 19.8 Å². The Hall–Kier alpha value is -0.770. The third-order valence-electron chi connectivity index (χ3n) is 2.40. The summed E-state index contributed by atoms with van der Waals surface area (Å²) in [7, 11) is 1.62. The molecule has 0 radical (unpaired) electrons. The highest BCUT2D eigenvalue weighted by Gasteiger charge is 2.11. The molecular weight excluding hydrogens is 238 g/mol. The fourth-order valence-electron chi connectivity index (χ4n) is 1.74. The lowest BCUT2D eigenvalue weighted by molar-refractivity contribution is 0.134. The maximum absolute atomic E-state index is 6.18. The third kappa shape index (κ3) is 4.19. The second kappa shape index (κ2) is 6.84. The fourth-order valence-corrected chi connectivity index (χ4v) is 2.08. The molecule has 1 rings (SSSR count). The molecule has 2 N–H and O–H groups in total. The van der Waals surface area contributed by atoms with Gasteiger partial charge in [0.2, 0.25) is 0 Å². The van der Waals surface area contributed by atoms with Crippen LogP contribution in [0.2, 0.25) is 5.02 Å². The van der Waals surface area contributed by atoms with E-state index in [1.165, 1.54) is 0 Å². The van der Waals surface area contributed by atoms with Crippen LogP contribution in [0.15, 0.2) is 12.1 Å². The smallest absolute Gasteiger partial charge is 0.140 e. The van der Waals surface area contributed by atoms with E-state index >= 15 is 0 Å². The largest absolute Gasteiger partial charge is 0.495 e. The Morgan fingerprint density at radius 3 is 2.65 bits per heavy atom. The number of benzene rings is 1. The van der Waals surface area contributed by atoms with Gasteiger partial charge in [0.1, 0.15) is 5.75 Å². The number of halogens is 1. The van der Waals surface area contributed by atoms with Crippen molar-refractivity contribution in [3.05, 3.63) is 28.3 Å². The molecule has 0 saturated heterocycles. The van der Waals surface area contributed by atoms with E-state index in [4.69, 9.17) is 26.8 Å². The Morgan fingerprint density at radius 1 is 1.41 bits per heavy atom. The first-order valence-electron chi connectivity index (χ1n) is 5.77. The van der Waals surface area contributed by atoms with Crippen LogP contribution in [-0.2, 0) is 17.8 Å². The molecule has 0 amide bonds. The molecule has 3 nitrogen and oxygen atoms in total. The number of ether oxygens (including phenoxy) is 2. The number of hydrogen-bond acceptors (Lipinski definition) is 3. The minimum absolute atomic E-state index is 0.0716. The number of nitrogens with two attached hydrogens (primary N) is 1. The standard InChI is InChI=1S/C13H20ClNO2/c1-4-17-8-10-6-11(5-9(2)15)13(16-3)12(14)7-10/h6-7,9H,4-5,8,15H2,1-3H3. The van der Waals surface area contributed by atoms with Crippen molar-refractivity contribution in [2.45, 2.75) is 32.9 Å². The summed E-state index contributed by atoms with van der Waals surface area (Å²) >= 11 is 6.18. The van der Waals surface area contributed by atoms with Crippen LogP contribution in [0.4, 0.5) is 0 Å². The highest BCUT2D eigenvalue weighted by Crippen LogP contribution is 2.31. The molecule has 1 aromatic rings. The van der Waals surface area contributed by atoms with E-state index in [0.717, 1.165) is 17.5 Å². The summed E-state index contributed by atoms with van der Waals surface area (Å²) in [6.07, 6.45) is 0.739. The molecule has 0 heterocycles. The molecule has 0 aliphatic rings. The van der Waals surface area contributed by atoms with Gasteiger partial charge in [-0.2, -0.15) is 0 Å². The van der Waals surface area contributed by atoms with Gasteiger partial charge in [-0.3, -0.25) is 0 Å². The van der Waals surface area contributed by atoms with E-state index in [9.17, 15) is 0 Å². The molecular formula is C13H20ClNO2. The Bertz CT molecular complexity index is 367. The summed E-state index contributed by atoms with van der Waals surface area (Å²) in [5.41, 5.74) is 7.90. The Labute approximate surface area is 108 Å². The van der Waals surface area contributed by atoms with E-state index in [2.05, 4.69) is 0 Å². The second-order valence-electron chi connectivity index (χ2n) is 4.09. The minimum Gasteiger partial charge on any atom is -0.495 e. The van der Waals surface area contributed by atoms with Crippen LogP contribution in [0.25, 0.3) is 0 Å². The second-order valence-corrected chi connectivity index (χ2v) is 4.50. The molecule has 0 aromatic heterocycles. The summed E-state index contributed by atoms with van der Waals surface area (Å²) in [6.45, 7) is 5.18. The zero-order valence-corrected chi connectivity index (χ0v) is 11.4. The Kier molecular flexibility index (Phi) is 5.75. The van der Waals surface area contributed by atoms with Crippen molar-refractivity contribution in [3.63, 3.8) is 0 Å². The average molecular weight is 258 g/mol. The predicted octanol–water partition coefficient (Wildman–Crippen LogP) is 2.77. The normalized spacial score (nSPS) is 12.5. The SMILES string of the molecule is CCOCc1cc(Cl)c(OC)c(CC(C)N)c1. The van der Waals surface area contributed by atoms with Gasteiger partial charge in [-0.15, -0.1) is 0 Å². The molecule has 17 heavy (non-hydrogen) atoms. The van der Waals surface area contributed by atoms with Crippen LogP contribution in [0, 0.1) is 0 Å². The first kappa shape index (κ1) is 14.3. The van der Waals surface area contributed by atoms with Gasteiger partial charge >= 0.3 is 0 Å². The summed E-state index contributed by atoms with van der Waals surface area (Å²) in [5, 5.41) is 0.611. The van der Waals surface area contributed by atoms with E-state index in [-0.39, 0.29) is 6.04 Å². The summed E-state index contributed by atoms with van der Waals surface area (Å²) in [4.78, 5) is 0. The molecule has 0 aliphatic carbocycles. The number of rotatable bonds is 6. The maximum Gasteiger partial charge on any atom is 0.140 e. The third-order valence-corrected chi connectivity index (χ3v) is 2.68. The van der Waals surface area contributed by atoms with Gasteiger partial charge < -0.3 is 15.2 Å². The fraction of sp³-hybridized carbons (Fsp3) is 0.538. The van der Waals surface area contributed by atoms with Gasteiger partial charge in [0.15, 0.2) is 0 Å². The predicted molar refractivity (Wildman–Crippen MR) is 70.7 cm³/mol. The van der Waals surface area contributed by atoms with Gasteiger partial charge in [0.05, 0.1) is 18.7 Å². The number of methoxy groups -OCH3 is 1. The summed E-state index contributed by atoms with van der Waals surface area (Å²) in [6, 6.07) is 3.99. The highest BCUT2D eigenvalue weighted by atomic mass is 35.5. The topological polar surface area (TPSA) is 44.5 Å². The van der Waals surface area contributed by atoms with Gasteiger partial charge in [0, 0.05) is 12.6 Å². The van der Waals surface area contributed by atoms with Crippen LogP contribution in [0.3, 0.4) is 0 Å². The van der Waals surface area contributed by atoms with Crippen molar-refractivity contribution in [2.24, 2.45) is 5.73 Å². The first-order chi connectivity index (χ1) is 8.08. The maximum atomic E-state index is 6.18. The minimum atomic E-state index is 0.0716. The van der Waals surface area contributed by atoms with Gasteiger partial charge in [-0.25, -0.2) is 0 Å². The number of hydrogen-bond donors (Lipinski definition) is 1. The molecule has 0 spiro atoms. The monoisotopic (exact) mass is 257 g/mol. The van der Waals surface area contributed by atoms with Crippen LogP contribution < -0.4 is 10.5 Å². The van der Waals surface area contributed by atoms with Crippen LogP contribution in [0.1, 0.15) is 25.0 Å². The van der Waals surface area contributed by atoms with Gasteiger partial charge in [-0.1, -0.05) is 11.6 Å². The molecule has 0 aliphatic heterocycles. The Morgan fingerprint density at radius 2 is 2.12 bits per heavy atom. The van der Waals surface area contributed by atoms with E-state index in [0.29, 0.717) is 24.0 Å². The lowest BCUT2D eigenvalue weighted by atomic mass is 10.0. The van der Waals surface area contributed by atoms with Crippen LogP contribution in [0.5, 0.6) is 5.75 Å². The summed E-state index contributed by atoms with van der Waals surface area (Å²) in [5.74, 6) is 0.712. The molecule has 4 heteroatoms. The molecule has 1 atom stereocenters. The van der Waals surface area contributed by atoms with E-state index in [1.807, 2.05) is 26.0 Å².